The quantitative estimate of drug-likeness (QED) is 0.301. The summed E-state index contributed by atoms with van der Waals surface area (Å²) in [6.07, 6.45) is 10.2. The van der Waals surface area contributed by atoms with Crippen LogP contribution in [0.25, 0.3) is 11.1 Å². The topological polar surface area (TPSA) is 141 Å². The molecule has 11 nitrogen and oxygen atoms in total. The van der Waals surface area contributed by atoms with E-state index >= 15 is 0 Å². The van der Waals surface area contributed by atoms with Gasteiger partial charge < -0.3 is 20.9 Å². The van der Waals surface area contributed by atoms with E-state index in [2.05, 4.69) is 43.7 Å². The molecule has 0 unspecified atom stereocenters. The van der Waals surface area contributed by atoms with Gasteiger partial charge in [0.2, 0.25) is 17.8 Å². The van der Waals surface area contributed by atoms with E-state index in [0.29, 0.717) is 36.0 Å². The standard InChI is InChI=1S/C26H29N9O2/c1-3-25(37)29-9-8-28-24-12-22(5-4-19(24)13-27)33-26-30-14-20(15-31-26)21-16-32-35(17-21)23-6-10-34(11-7-23)18(2)36/h3-5,12,14-17,23,28H,1,6-11H2,2H3,(H,29,37)(H,30,31,33). The predicted molar refractivity (Wildman–Crippen MR) is 140 cm³/mol. The van der Waals surface area contributed by atoms with Gasteiger partial charge in [-0.3, -0.25) is 14.3 Å². The number of rotatable bonds is 9. The molecule has 3 N–H and O–H groups in total. The van der Waals surface area contributed by atoms with E-state index in [0.717, 1.165) is 37.1 Å². The van der Waals surface area contributed by atoms with Crippen molar-refractivity contribution in [1.29, 1.82) is 5.26 Å². The highest BCUT2D eigenvalue weighted by atomic mass is 16.2. The number of hydrogen-bond acceptors (Lipinski definition) is 8. The molecule has 3 aromatic rings. The Morgan fingerprint density at radius 2 is 1.92 bits per heavy atom. The second-order valence-corrected chi connectivity index (χ2v) is 8.66. The zero-order chi connectivity index (χ0) is 26.2. The summed E-state index contributed by atoms with van der Waals surface area (Å²) in [5.74, 6) is 0.287. The fraction of sp³-hybridized carbons (Fsp3) is 0.308. The maximum Gasteiger partial charge on any atom is 0.243 e. The Labute approximate surface area is 215 Å². The lowest BCUT2D eigenvalue weighted by atomic mass is 10.1. The van der Waals surface area contributed by atoms with Crippen LogP contribution in [0.1, 0.15) is 31.4 Å². The zero-order valence-electron chi connectivity index (χ0n) is 20.6. The monoisotopic (exact) mass is 499 g/mol. The number of piperidine rings is 1. The van der Waals surface area contributed by atoms with Crippen LogP contribution in [0.2, 0.25) is 0 Å². The largest absolute Gasteiger partial charge is 0.382 e. The number of nitrogens with zero attached hydrogens (tertiary/aromatic N) is 6. The van der Waals surface area contributed by atoms with Gasteiger partial charge in [0, 0.05) is 68.5 Å². The van der Waals surface area contributed by atoms with Gasteiger partial charge in [0.1, 0.15) is 6.07 Å². The molecule has 1 aliphatic rings. The van der Waals surface area contributed by atoms with Gasteiger partial charge in [-0.2, -0.15) is 10.4 Å². The Morgan fingerprint density at radius 1 is 1.16 bits per heavy atom. The number of likely N-dealkylation sites (tertiary alicyclic amines) is 1. The fourth-order valence-corrected chi connectivity index (χ4v) is 4.12. The number of anilines is 3. The molecule has 0 saturated carbocycles. The van der Waals surface area contributed by atoms with Crippen molar-refractivity contribution in [1.82, 2.24) is 30.0 Å². The molecule has 11 heteroatoms. The van der Waals surface area contributed by atoms with Crippen molar-refractivity contribution in [2.24, 2.45) is 0 Å². The van der Waals surface area contributed by atoms with Crippen LogP contribution in [0.5, 0.6) is 0 Å². The van der Waals surface area contributed by atoms with Crippen molar-refractivity contribution >= 4 is 29.1 Å². The van der Waals surface area contributed by atoms with Crippen LogP contribution in [0, 0.1) is 11.3 Å². The number of benzene rings is 1. The molecule has 3 heterocycles. The van der Waals surface area contributed by atoms with Crippen LogP contribution < -0.4 is 16.0 Å². The minimum Gasteiger partial charge on any atom is -0.382 e. The first-order chi connectivity index (χ1) is 18.0. The van der Waals surface area contributed by atoms with Crippen molar-refractivity contribution in [2.45, 2.75) is 25.8 Å². The van der Waals surface area contributed by atoms with Gasteiger partial charge in [0.05, 0.1) is 23.5 Å². The number of carbonyl (C=O) groups excluding carboxylic acids is 2. The third-order valence-electron chi connectivity index (χ3n) is 6.19. The number of aromatic nitrogens is 4. The second-order valence-electron chi connectivity index (χ2n) is 8.66. The Bertz CT molecular complexity index is 1300. The van der Waals surface area contributed by atoms with E-state index in [1.807, 2.05) is 15.8 Å². The van der Waals surface area contributed by atoms with Crippen LogP contribution in [-0.2, 0) is 9.59 Å². The predicted octanol–water partition coefficient (Wildman–Crippen LogP) is 2.85. The Hall–Kier alpha value is -4.72. The van der Waals surface area contributed by atoms with Gasteiger partial charge in [-0.1, -0.05) is 6.58 Å². The normalized spacial score (nSPS) is 13.5. The van der Waals surface area contributed by atoms with Crippen molar-refractivity contribution in [2.75, 3.05) is 36.8 Å². The van der Waals surface area contributed by atoms with Gasteiger partial charge in [-0.15, -0.1) is 0 Å². The molecule has 0 aliphatic carbocycles. The highest BCUT2D eigenvalue weighted by Gasteiger charge is 2.22. The minimum atomic E-state index is -0.249. The van der Waals surface area contributed by atoms with E-state index in [1.165, 1.54) is 6.08 Å². The van der Waals surface area contributed by atoms with Crippen molar-refractivity contribution in [3.8, 4) is 17.2 Å². The molecule has 190 valence electrons. The molecular weight excluding hydrogens is 470 g/mol. The molecule has 0 radical (unpaired) electrons. The van der Waals surface area contributed by atoms with Gasteiger partial charge >= 0.3 is 0 Å². The highest BCUT2D eigenvalue weighted by Crippen LogP contribution is 2.26. The maximum absolute atomic E-state index is 11.6. The van der Waals surface area contributed by atoms with Gasteiger partial charge in [-0.25, -0.2) is 9.97 Å². The number of hydrogen-bond donors (Lipinski definition) is 3. The summed E-state index contributed by atoms with van der Waals surface area (Å²) >= 11 is 0. The molecule has 4 rings (SSSR count). The number of nitrogens with one attached hydrogen (secondary N) is 3. The number of carbonyl (C=O) groups is 2. The lowest BCUT2D eigenvalue weighted by Crippen LogP contribution is -2.37. The third-order valence-corrected chi connectivity index (χ3v) is 6.19. The molecule has 0 atom stereocenters. The summed E-state index contributed by atoms with van der Waals surface area (Å²) in [7, 11) is 0. The fourth-order valence-electron chi connectivity index (χ4n) is 4.12. The maximum atomic E-state index is 11.6. The molecule has 1 aliphatic heterocycles. The molecule has 1 aromatic carbocycles. The zero-order valence-corrected chi connectivity index (χ0v) is 20.6. The molecular formula is C26H29N9O2. The molecule has 2 aromatic heterocycles. The van der Waals surface area contributed by atoms with Crippen LogP contribution >= 0.6 is 0 Å². The van der Waals surface area contributed by atoms with Gasteiger partial charge in [0.15, 0.2) is 0 Å². The molecule has 0 spiro atoms. The summed E-state index contributed by atoms with van der Waals surface area (Å²) in [4.78, 5) is 33.6. The van der Waals surface area contributed by atoms with Crippen LogP contribution in [0.4, 0.5) is 17.3 Å². The van der Waals surface area contributed by atoms with Crippen molar-refractivity contribution in [3.63, 3.8) is 0 Å². The van der Waals surface area contributed by atoms with E-state index in [-0.39, 0.29) is 17.9 Å². The summed E-state index contributed by atoms with van der Waals surface area (Å²) in [5.41, 5.74) is 3.61. The van der Waals surface area contributed by atoms with Crippen molar-refractivity contribution in [3.05, 3.63) is 61.2 Å². The SMILES string of the molecule is C=CC(=O)NCCNc1cc(Nc2ncc(-c3cnn(C4CCN(C(C)=O)CC4)c3)cn2)ccc1C#N. The first-order valence-corrected chi connectivity index (χ1v) is 12.0. The van der Waals surface area contributed by atoms with Crippen LogP contribution in [0.15, 0.2) is 55.6 Å². The lowest BCUT2D eigenvalue weighted by molar-refractivity contribution is -0.130. The third kappa shape index (κ3) is 6.49. The molecule has 1 fully saturated rings. The average Bonchev–Trinajstić information content (AvgIpc) is 3.42. The summed E-state index contributed by atoms with van der Waals surface area (Å²) in [5, 5.41) is 22.9. The number of amides is 2. The van der Waals surface area contributed by atoms with Crippen LogP contribution in [-0.4, -0.2) is 62.6 Å². The summed E-state index contributed by atoms with van der Waals surface area (Å²) < 4.78 is 1.97. The van der Waals surface area contributed by atoms with Gasteiger partial charge in [-0.05, 0) is 37.1 Å². The lowest BCUT2D eigenvalue weighted by Gasteiger charge is -2.31. The highest BCUT2D eigenvalue weighted by molar-refractivity contribution is 5.86. The second kappa shape index (κ2) is 11.8. The van der Waals surface area contributed by atoms with Gasteiger partial charge in [0.25, 0.3) is 0 Å². The molecule has 2 amide bonds. The Morgan fingerprint density at radius 3 is 2.59 bits per heavy atom. The van der Waals surface area contributed by atoms with E-state index in [4.69, 9.17) is 0 Å². The van der Waals surface area contributed by atoms with Crippen LogP contribution in [0.3, 0.4) is 0 Å². The average molecular weight is 500 g/mol. The minimum absolute atomic E-state index is 0.119. The van der Waals surface area contributed by atoms with E-state index < -0.39 is 0 Å². The molecule has 0 bridgehead atoms. The first kappa shape index (κ1) is 25.4. The molecule has 37 heavy (non-hydrogen) atoms. The Balaban J connectivity index is 1.37. The summed E-state index contributed by atoms with van der Waals surface area (Å²) in [6.45, 7) is 7.36. The smallest absolute Gasteiger partial charge is 0.243 e. The van der Waals surface area contributed by atoms with E-state index in [9.17, 15) is 14.9 Å². The van der Waals surface area contributed by atoms with E-state index in [1.54, 1.807) is 43.7 Å². The first-order valence-electron chi connectivity index (χ1n) is 12.0. The number of nitriles is 1. The molecule has 1 saturated heterocycles. The summed E-state index contributed by atoms with van der Waals surface area (Å²) in [6, 6.07) is 7.71. The van der Waals surface area contributed by atoms with Crippen molar-refractivity contribution < 1.29 is 9.59 Å². The Kier molecular flexibility index (Phi) is 8.10.